The molecular formula is C37H49N7O. The number of pyridine rings is 3. The van der Waals surface area contributed by atoms with Gasteiger partial charge in [0.25, 0.3) is 5.56 Å². The van der Waals surface area contributed by atoms with E-state index in [0.29, 0.717) is 18.6 Å². The topological polar surface area (TPSA) is 80.4 Å². The van der Waals surface area contributed by atoms with Crippen molar-refractivity contribution in [3.8, 4) is 11.1 Å². The molecule has 0 radical (unpaired) electrons. The van der Waals surface area contributed by atoms with Gasteiger partial charge in [0, 0.05) is 83.9 Å². The van der Waals surface area contributed by atoms with Crippen LogP contribution in [0.5, 0.6) is 0 Å². The fourth-order valence-electron chi connectivity index (χ4n) is 7.46. The van der Waals surface area contributed by atoms with Crippen LogP contribution in [-0.2, 0) is 6.54 Å². The van der Waals surface area contributed by atoms with Gasteiger partial charge in [-0.3, -0.25) is 4.79 Å². The van der Waals surface area contributed by atoms with E-state index in [0.717, 1.165) is 64.6 Å². The average molecular weight is 608 g/mol. The molecule has 0 unspecified atom stereocenters. The van der Waals surface area contributed by atoms with Gasteiger partial charge in [0.05, 0.1) is 0 Å². The number of piperidine rings is 1. The van der Waals surface area contributed by atoms with E-state index >= 15 is 0 Å². The Bertz CT molecular complexity index is 1670. The average Bonchev–Trinajstić information content (AvgIpc) is 3.05. The Kier molecular flexibility index (Phi) is 9.40. The number of anilines is 3. The molecule has 0 spiro atoms. The first kappa shape index (κ1) is 31.1. The van der Waals surface area contributed by atoms with Crippen LogP contribution in [0.25, 0.3) is 21.9 Å². The minimum atomic E-state index is -0.0491. The van der Waals surface area contributed by atoms with Crippen molar-refractivity contribution in [1.82, 2.24) is 19.9 Å². The largest absolute Gasteiger partial charge is 0.368 e. The summed E-state index contributed by atoms with van der Waals surface area (Å²) < 4.78 is 0. The Labute approximate surface area is 267 Å². The highest BCUT2D eigenvalue weighted by atomic mass is 16.1. The second kappa shape index (κ2) is 13.6. The van der Waals surface area contributed by atoms with Crippen LogP contribution in [-0.4, -0.2) is 65.7 Å². The molecular weight excluding hydrogens is 558 g/mol. The van der Waals surface area contributed by atoms with Crippen molar-refractivity contribution >= 4 is 28.1 Å². The molecule has 0 amide bonds. The molecule has 0 atom stereocenters. The van der Waals surface area contributed by atoms with E-state index in [1.54, 1.807) is 0 Å². The maximum atomic E-state index is 12.8. The molecule has 3 aromatic heterocycles. The Hall–Kier alpha value is -3.91. The maximum Gasteiger partial charge on any atom is 0.253 e. The van der Waals surface area contributed by atoms with Crippen molar-refractivity contribution in [3.05, 3.63) is 76.0 Å². The first-order chi connectivity index (χ1) is 21.8. The molecule has 8 nitrogen and oxygen atoms in total. The summed E-state index contributed by atoms with van der Waals surface area (Å²) in [7, 11) is 4.41. The van der Waals surface area contributed by atoms with Gasteiger partial charge in [0.2, 0.25) is 0 Å². The first-order valence-corrected chi connectivity index (χ1v) is 16.8. The van der Waals surface area contributed by atoms with E-state index < -0.39 is 0 Å². The highest BCUT2D eigenvalue weighted by Gasteiger charge is 2.28. The molecule has 1 aromatic carbocycles. The summed E-state index contributed by atoms with van der Waals surface area (Å²) in [6.45, 7) is 9.70. The van der Waals surface area contributed by atoms with Crippen LogP contribution in [0.2, 0.25) is 0 Å². The summed E-state index contributed by atoms with van der Waals surface area (Å²) in [5.41, 5.74) is 6.03. The lowest BCUT2D eigenvalue weighted by atomic mass is 9.88. The molecule has 4 heterocycles. The number of hydrogen-bond donors (Lipinski definition) is 2. The molecule has 1 saturated heterocycles. The monoisotopic (exact) mass is 607 g/mol. The van der Waals surface area contributed by atoms with E-state index in [1.807, 2.05) is 32.3 Å². The van der Waals surface area contributed by atoms with Crippen molar-refractivity contribution in [2.75, 3.05) is 48.8 Å². The number of benzene rings is 1. The zero-order chi connectivity index (χ0) is 31.5. The highest BCUT2D eigenvalue weighted by Crippen LogP contribution is 2.39. The zero-order valence-corrected chi connectivity index (χ0v) is 27.7. The molecule has 2 fully saturated rings. The Morgan fingerprint density at radius 3 is 2.33 bits per heavy atom. The van der Waals surface area contributed by atoms with Crippen LogP contribution in [0.1, 0.15) is 68.7 Å². The lowest BCUT2D eigenvalue weighted by Crippen LogP contribution is -2.42. The normalized spacial score (nSPS) is 18.8. The van der Waals surface area contributed by atoms with Crippen LogP contribution in [0.15, 0.2) is 53.6 Å². The molecule has 45 heavy (non-hydrogen) atoms. The van der Waals surface area contributed by atoms with Gasteiger partial charge in [-0.15, -0.1) is 0 Å². The minimum Gasteiger partial charge on any atom is -0.368 e. The predicted octanol–water partition coefficient (Wildman–Crippen LogP) is 6.90. The second-order valence-corrected chi connectivity index (χ2v) is 13.2. The van der Waals surface area contributed by atoms with Crippen LogP contribution >= 0.6 is 0 Å². The number of nitrogens with zero attached hydrogens (tertiary/aromatic N) is 5. The van der Waals surface area contributed by atoms with Gasteiger partial charge in [-0.1, -0.05) is 0 Å². The third-order valence-electron chi connectivity index (χ3n) is 10.0. The number of H-pyrrole nitrogens is 1. The van der Waals surface area contributed by atoms with E-state index in [9.17, 15) is 4.79 Å². The summed E-state index contributed by atoms with van der Waals surface area (Å²) in [6.07, 6.45) is 12.5. The molecule has 1 aliphatic heterocycles. The number of aromatic amines is 1. The van der Waals surface area contributed by atoms with E-state index in [2.05, 4.69) is 76.4 Å². The van der Waals surface area contributed by atoms with Gasteiger partial charge in [0.15, 0.2) is 0 Å². The van der Waals surface area contributed by atoms with Gasteiger partial charge in [-0.2, -0.15) is 0 Å². The second-order valence-electron chi connectivity index (χ2n) is 13.2. The fraction of sp³-hybridized carbons (Fsp3) is 0.486. The third-order valence-corrected chi connectivity index (χ3v) is 10.0. The first-order valence-electron chi connectivity index (χ1n) is 16.8. The van der Waals surface area contributed by atoms with Crippen molar-refractivity contribution < 1.29 is 0 Å². The van der Waals surface area contributed by atoms with Gasteiger partial charge in [-0.05, 0) is 127 Å². The number of aromatic nitrogens is 3. The van der Waals surface area contributed by atoms with E-state index in [1.165, 1.54) is 56.0 Å². The number of fused-ring (bicyclic) bond motifs is 1. The van der Waals surface area contributed by atoms with E-state index in [-0.39, 0.29) is 5.56 Å². The van der Waals surface area contributed by atoms with Gasteiger partial charge in [-0.25, -0.2) is 9.97 Å². The maximum absolute atomic E-state index is 12.8. The Morgan fingerprint density at radius 1 is 0.911 bits per heavy atom. The summed E-state index contributed by atoms with van der Waals surface area (Å²) >= 11 is 0. The van der Waals surface area contributed by atoms with Crippen molar-refractivity contribution in [2.24, 2.45) is 0 Å². The molecule has 4 aromatic rings. The van der Waals surface area contributed by atoms with Crippen molar-refractivity contribution in [1.29, 1.82) is 0 Å². The Morgan fingerprint density at radius 2 is 1.67 bits per heavy atom. The number of nitrogens with one attached hydrogen (secondary N) is 2. The molecule has 2 N–H and O–H groups in total. The number of aryl methyl sites for hydroxylation is 2. The van der Waals surface area contributed by atoms with Crippen LogP contribution in [0, 0.1) is 13.8 Å². The number of rotatable bonds is 9. The quantitative estimate of drug-likeness (QED) is 0.214. The Balaban J connectivity index is 1.40. The van der Waals surface area contributed by atoms with Crippen LogP contribution < -0.4 is 20.7 Å². The molecule has 2 aliphatic rings. The third kappa shape index (κ3) is 6.71. The van der Waals surface area contributed by atoms with Gasteiger partial charge < -0.3 is 25.0 Å². The summed E-state index contributed by atoms with van der Waals surface area (Å²) in [4.78, 5) is 32.9. The SMILES string of the molecule is CCN(c1cc(-c2ccc(N3CCCCC3)nc2)cc2c(NCc3c(C)cc(C)[nH]c3=O)nccc12)C1CCC(N(C)C)CC1. The lowest BCUT2D eigenvalue weighted by Gasteiger charge is -2.40. The molecule has 238 valence electrons. The van der Waals surface area contributed by atoms with Crippen molar-refractivity contribution in [2.45, 2.75) is 84.3 Å². The van der Waals surface area contributed by atoms with E-state index in [4.69, 9.17) is 9.97 Å². The fourth-order valence-corrected chi connectivity index (χ4v) is 7.46. The molecule has 6 rings (SSSR count). The molecule has 1 saturated carbocycles. The zero-order valence-electron chi connectivity index (χ0n) is 27.7. The van der Waals surface area contributed by atoms with Crippen LogP contribution in [0.3, 0.4) is 0 Å². The standard InChI is InChI=1S/C37H49N7O/c1-6-44(30-13-11-29(12-14-30)42(4)5)34-22-28(27-10-15-35(39-23-27)43-18-8-7-9-19-43)21-32-31(34)16-17-38-36(32)40-24-33-25(2)20-26(3)41-37(33)45/h10,15-17,20-23,29-30H,6-9,11-14,18-19,24H2,1-5H3,(H,38,40)(H,41,45). The summed E-state index contributed by atoms with van der Waals surface area (Å²) in [6, 6.07) is 14.3. The van der Waals surface area contributed by atoms with Gasteiger partial charge in [0.1, 0.15) is 11.6 Å². The minimum absolute atomic E-state index is 0.0491. The summed E-state index contributed by atoms with van der Waals surface area (Å²) in [5.74, 6) is 1.86. The van der Waals surface area contributed by atoms with Gasteiger partial charge >= 0.3 is 0 Å². The molecule has 1 aliphatic carbocycles. The number of hydrogen-bond acceptors (Lipinski definition) is 7. The van der Waals surface area contributed by atoms with Crippen molar-refractivity contribution in [3.63, 3.8) is 0 Å². The highest BCUT2D eigenvalue weighted by molar-refractivity contribution is 6.03. The predicted molar refractivity (Wildman–Crippen MR) is 188 cm³/mol. The lowest BCUT2D eigenvalue weighted by molar-refractivity contribution is 0.214. The van der Waals surface area contributed by atoms with Crippen LogP contribution in [0.4, 0.5) is 17.3 Å². The molecule has 0 bridgehead atoms. The smallest absolute Gasteiger partial charge is 0.253 e. The summed E-state index contributed by atoms with van der Waals surface area (Å²) in [5, 5.41) is 5.78. The molecule has 8 heteroatoms.